The molecule has 3 unspecified atom stereocenters. The molecule has 1 aromatic carbocycles. The van der Waals surface area contributed by atoms with E-state index >= 15 is 0 Å². The second-order valence-corrected chi connectivity index (χ2v) is 6.37. The summed E-state index contributed by atoms with van der Waals surface area (Å²) in [5.74, 6) is 1.79. The first-order valence-electron chi connectivity index (χ1n) is 6.81. The van der Waals surface area contributed by atoms with E-state index in [1.54, 1.807) is 0 Å². The van der Waals surface area contributed by atoms with E-state index < -0.39 is 0 Å². The lowest BCUT2D eigenvalue weighted by Gasteiger charge is -2.40. The molecule has 2 aliphatic rings. The first-order chi connectivity index (χ1) is 8.65. The largest absolute Gasteiger partial charge is 0.329 e. The molecule has 0 amide bonds. The fraction of sp³-hybridized carbons (Fsp3) is 0.600. The van der Waals surface area contributed by atoms with Crippen molar-refractivity contribution in [2.24, 2.45) is 17.6 Å². The van der Waals surface area contributed by atoms with Crippen LogP contribution in [0.15, 0.2) is 24.3 Å². The summed E-state index contributed by atoms with van der Waals surface area (Å²) in [7, 11) is 2.22. The standard InChI is InChI=1S/C15H21ClN2/c1-18(9-11-3-2-4-13(16)7-11)15(10-17)6-5-12-8-14(12)15/h2-4,7,12,14H,5-6,8-10,17H2,1H3. The van der Waals surface area contributed by atoms with Crippen molar-refractivity contribution < 1.29 is 0 Å². The maximum absolute atomic E-state index is 6.10. The van der Waals surface area contributed by atoms with Crippen LogP contribution in [-0.2, 0) is 6.54 Å². The molecule has 2 nitrogen and oxygen atoms in total. The highest BCUT2D eigenvalue weighted by Crippen LogP contribution is 2.59. The monoisotopic (exact) mass is 264 g/mol. The minimum absolute atomic E-state index is 0.243. The molecule has 2 fully saturated rings. The molecule has 0 heterocycles. The van der Waals surface area contributed by atoms with Crippen molar-refractivity contribution in [3.05, 3.63) is 34.9 Å². The van der Waals surface area contributed by atoms with Gasteiger partial charge in [0.15, 0.2) is 0 Å². The summed E-state index contributed by atoms with van der Waals surface area (Å²) < 4.78 is 0. The second kappa shape index (κ2) is 4.52. The summed E-state index contributed by atoms with van der Waals surface area (Å²) in [5.41, 5.74) is 7.63. The maximum atomic E-state index is 6.10. The highest BCUT2D eigenvalue weighted by molar-refractivity contribution is 6.30. The van der Waals surface area contributed by atoms with E-state index in [2.05, 4.69) is 24.1 Å². The quantitative estimate of drug-likeness (QED) is 0.906. The molecule has 0 radical (unpaired) electrons. The van der Waals surface area contributed by atoms with Crippen molar-refractivity contribution in [1.29, 1.82) is 0 Å². The van der Waals surface area contributed by atoms with E-state index in [9.17, 15) is 0 Å². The minimum Gasteiger partial charge on any atom is -0.329 e. The Morgan fingerprint density at radius 1 is 1.50 bits per heavy atom. The van der Waals surface area contributed by atoms with Crippen LogP contribution >= 0.6 is 11.6 Å². The summed E-state index contributed by atoms with van der Waals surface area (Å²) in [6.07, 6.45) is 4.01. The van der Waals surface area contributed by atoms with Gasteiger partial charge in [0, 0.05) is 23.7 Å². The molecule has 0 aromatic heterocycles. The fourth-order valence-corrected chi connectivity index (χ4v) is 4.01. The Hall–Kier alpha value is -0.570. The van der Waals surface area contributed by atoms with Crippen LogP contribution in [0.3, 0.4) is 0 Å². The van der Waals surface area contributed by atoms with Gasteiger partial charge < -0.3 is 5.73 Å². The van der Waals surface area contributed by atoms with Crippen LogP contribution in [0.1, 0.15) is 24.8 Å². The van der Waals surface area contributed by atoms with Crippen LogP contribution in [0.4, 0.5) is 0 Å². The Morgan fingerprint density at radius 3 is 2.89 bits per heavy atom. The molecule has 1 aromatic rings. The number of fused-ring (bicyclic) bond motifs is 1. The van der Waals surface area contributed by atoms with E-state index in [0.29, 0.717) is 0 Å². The van der Waals surface area contributed by atoms with E-state index in [4.69, 9.17) is 17.3 Å². The van der Waals surface area contributed by atoms with Crippen LogP contribution in [0.2, 0.25) is 5.02 Å². The predicted molar refractivity (Wildman–Crippen MR) is 75.5 cm³/mol. The van der Waals surface area contributed by atoms with Gasteiger partial charge in [-0.05, 0) is 55.8 Å². The van der Waals surface area contributed by atoms with Gasteiger partial charge in [-0.2, -0.15) is 0 Å². The van der Waals surface area contributed by atoms with Crippen LogP contribution < -0.4 is 5.73 Å². The topological polar surface area (TPSA) is 29.3 Å². The summed E-state index contributed by atoms with van der Waals surface area (Å²) in [6.45, 7) is 1.73. The molecule has 18 heavy (non-hydrogen) atoms. The first kappa shape index (κ1) is 12.5. The lowest BCUT2D eigenvalue weighted by Crippen LogP contribution is -2.52. The van der Waals surface area contributed by atoms with Crippen LogP contribution in [-0.4, -0.2) is 24.0 Å². The maximum Gasteiger partial charge on any atom is 0.0409 e. The molecule has 2 aliphatic carbocycles. The molecule has 0 saturated heterocycles. The van der Waals surface area contributed by atoms with Crippen molar-refractivity contribution in [1.82, 2.24) is 4.90 Å². The van der Waals surface area contributed by atoms with Crippen molar-refractivity contribution in [2.75, 3.05) is 13.6 Å². The molecule has 0 bridgehead atoms. The van der Waals surface area contributed by atoms with Gasteiger partial charge in [-0.1, -0.05) is 23.7 Å². The average molecular weight is 265 g/mol. The van der Waals surface area contributed by atoms with E-state index in [-0.39, 0.29) is 5.54 Å². The van der Waals surface area contributed by atoms with Crippen molar-refractivity contribution in [2.45, 2.75) is 31.3 Å². The Morgan fingerprint density at radius 2 is 2.33 bits per heavy atom. The highest BCUT2D eigenvalue weighted by atomic mass is 35.5. The number of nitrogens with two attached hydrogens (primary N) is 1. The molecule has 0 aliphatic heterocycles. The van der Waals surface area contributed by atoms with Crippen molar-refractivity contribution in [3.8, 4) is 0 Å². The number of likely N-dealkylation sites (N-methyl/N-ethyl adjacent to an activating group) is 1. The zero-order chi connectivity index (χ0) is 12.8. The van der Waals surface area contributed by atoms with Gasteiger partial charge >= 0.3 is 0 Å². The summed E-state index contributed by atoms with van der Waals surface area (Å²) >= 11 is 6.05. The van der Waals surface area contributed by atoms with Gasteiger partial charge in [0.25, 0.3) is 0 Å². The lowest BCUT2D eigenvalue weighted by molar-refractivity contribution is 0.101. The van der Waals surface area contributed by atoms with Crippen LogP contribution in [0, 0.1) is 11.8 Å². The molecule has 0 spiro atoms. The average Bonchev–Trinajstić information content (AvgIpc) is 3.04. The van der Waals surface area contributed by atoms with Crippen molar-refractivity contribution >= 4 is 11.6 Å². The SMILES string of the molecule is CN(Cc1cccc(Cl)c1)C1(CN)CCC2CC21. The number of rotatable bonds is 4. The molecular formula is C15H21ClN2. The molecular weight excluding hydrogens is 244 g/mol. The Bertz CT molecular complexity index is 448. The number of hydrogen-bond donors (Lipinski definition) is 1. The summed E-state index contributed by atoms with van der Waals surface area (Å²) in [4.78, 5) is 2.47. The first-order valence-corrected chi connectivity index (χ1v) is 7.19. The van der Waals surface area contributed by atoms with E-state index in [1.807, 2.05) is 12.1 Å². The van der Waals surface area contributed by atoms with Gasteiger partial charge in [-0.15, -0.1) is 0 Å². The Kier molecular flexibility index (Phi) is 3.13. The molecule has 2 N–H and O–H groups in total. The Balaban J connectivity index is 1.76. The van der Waals surface area contributed by atoms with Crippen LogP contribution in [0.5, 0.6) is 0 Å². The minimum atomic E-state index is 0.243. The number of nitrogens with zero attached hydrogens (tertiary/aromatic N) is 1. The zero-order valence-electron chi connectivity index (χ0n) is 10.9. The smallest absolute Gasteiger partial charge is 0.0409 e. The number of benzene rings is 1. The summed E-state index contributed by atoms with van der Waals surface area (Å²) in [5, 5.41) is 0.818. The number of halogens is 1. The third-order valence-electron chi connectivity index (χ3n) is 4.98. The van der Waals surface area contributed by atoms with Crippen molar-refractivity contribution in [3.63, 3.8) is 0 Å². The van der Waals surface area contributed by atoms with E-state index in [0.717, 1.165) is 29.9 Å². The Labute approximate surface area is 114 Å². The van der Waals surface area contributed by atoms with Gasteiger partial charge in [0.2, 0.25) is 0 Å². The fourth-order valence-electron chi connectivity index (χ4n) is 3.80. The van der Waals surface area contributed by atoms with Gasteiger partial charge in [0.05, 0.1) is 0 Å². The molecule has 98 valence electrons. The second-order valence-electron chi connectivity index (χ2n) is 5.93. The molecule has 3 atom stereocenters. The van der Waals surface area contributed by atoms with Crippen LogP contribution in [0.25, 0.3) is 0 Å². The normalized spacial score (nSPS) is 33.8. The number of hydrogen-bond acceptors (Lipinski definition) is 2. The van der Waals surface area contributed by atoms with E-state index in [1.165, 1.54) is 24.8 Å². The van der Waals surface area contributed by atoms with Gasteiger partial charge in [0.1, 0.15) is 0 Å². The van der Waals surface area contributed by atoms with Gasteiger partial charge in [-0.3, -0.25) is 4.90 Å². The third kappa shape index (κ3) is 1.97. The molecule has 3 rings (SSSR count). The lowest BCUT2D eigenvalue weighted by atomic mass is 9.90. The highest BCUT2D eigenvalue weighted by Gasteiger charge is 2.58. The zero-order valence-corrected chi connectivity index (χ0v) is 11.7. The predicted octanol–water partition coefficient (Wildman–Crippen LogP) is 2.90. The summed E-state index contributed by atoms with van der Waals surface area (Å²) in [6, 6.07) is 8.15. The molecule has 2 saturated carbocycles. The van der Waals surface area contributed by atoms with Gasteiger partial charge in [-0.25, -0.2) is 0 Å². The third-order valence-corrected chi connectivity index (χ3v) is 5.22. The molecule has 3 heteroatoms.